The minimum atomic E-state index is -0.486. The number of hydrogen-bond donors (Lipinski definition) is 2. The molecule has 1 heterocycles. The fourth-order valence-corrected chi connectivity index (χ4v) is 2.89. The number of nitrogens with one attached hydrogen (secondary N) is 1. The van der Waals surface area contributed by atoms with E-state index in [1.807, 2.05) is 6.92 Å². The monoisotopic (exact) mass is 183 g/mol. The van der Waals surface area contributed by atoms with E-state index in [1.165, 1.54) is 12.8 Å². The van der Waals surface area contributed by atoms with Gasteiger partial charge in [0, 0.05) is 6.04 Å². The van der Waals surface area contributed by atoms with Crippen LogP contribution in [0.5, 0.6) is 0 Å². The molecule has 13 heavy (non-hydrogen) atoms. The van der Waals surface area contributed by atoms with Gasteiger partial charge in [-0.25, -0.2) is 0 Å². The van der Waals surface area contributed by atoms with E-state index >= 15 is 0 Å². The SMILES string of the molecule is CC1(C)CC1C(C)(O)C1CCCN1. The first-order valence-corrected chi connectivity index (χ1v) is 5.40. The molecule has 2 heteroatoms. The van der Waals surface area contributed by atoms with Gasteiger partial charge in [0.25, 0.3) is 0 Å². The lowest BCUT2D eigenvalue weighted by molar-refractivity contribution is -0.00616. The maximum atomic E-state index is 10.4. The molecule has 0 amide bonds. The summed E-state index contributed by atoms with van der Waals surface area (Å²) in [7, 11) is 0. The van der Waals surface area contributed by atoms with Gasteiger partial charge in [0.05, 0.1) is 5.60 Å². The molecular weight excluding hydrogens is 162 g/mol. The van der Waals surface area contributed by atoms with Gasteiger partial charge in [-0.15, -0.1) is 0 Å². The van der Waals surface area contributed by atoms with E-state index in [4.69, 9.17) is 0 Å². The first-order valence-electron chi connectivity index (χ1n) is 5.40. The van der Waals surface area contributed by atoms with E-state index in [9.17, 15) is 5.11 Å². The number of aliphatic hydroxyl groups is 1. The number of hydrogen-bond acceptors (Lipinski definition) is 2. The number of rotatable bonds is 2. The molecule has 2 nitrogen and oxygen atoms in total. The van der Waals surface area contributed by atoms with E-state index in [-0.39, 0.29) is 0 Å². The Morgan fingerprint density at radius 2 is 2.08 bits per heavy atom. The topological polar surface area (TPSA) is 32.3 Å². The van der Waals surface area contributed by atoms with Crippen LogP contribution in [-0.2, 0) is 0 Å². The molecule has 0 aromatic rings. The highest BCUT2D eigenvalue weighted by atomic mass is 16.3. The van der Waals surface area contributed by atoms with Gasteiger partial charge in [0.15, 0.2) is 0 Å². The van der Waals surface area contributed by atoms with Crippen molar-refractivity contribution in [2.75, 3.05) is 6.54 Å². The van der Waals surface area contributed by atoms with Gasteiger partial charge in [-0.05, 0) is 44.1 Å². The quantitative estimate of drug-likeness (QED) is 0.680. The van der Waals surface area contributed by atoms with E-state index in [0.717, 1.165) is 13.0 Å². The second-order valence-electron chi connectivity index (χ2n) is 5.62. The third-order valence-electron chi connectivity index (χ3n) is 3.98. The van der Waals surface area contributed by atoms with Gasteiger partial charge in [0.2, 0.25) is 0 Å². The van der Waals surface area contributed by atoms with E-state index in [1.54, 1.807) is 0 Å². The Labute approximate surface area is 80.7 Å². The molecule has 0 bridgehead atoms. The lowest BCUT2D eigenvalue weighted by atomic mass is 9.86. The molecule has 3 unspecified atom stereocenters. The predicted octanol–water partition coefficient (Wildman–Crippen LogP) is 1.54. The minimum absolute atomic E-state index is 0.333. The Morgan fingerprint density at radius 1 is 1.46 bits per heavy atom. The normalized spacial score (nSPS) is 41.5. The lowest BCUT2D eigenvalue weighted by Crippen LogP contribution is -2.48. The van der Waals surface area contributed by atoms with E-state index in [2.05, 4.69) is 19.2 Å². The van der Waals surface area contributed by atoms with Crippen LogP contribution in [-0.4, -0.2) is 23.3 Å². The summed E-state index contributed by atoms with van der Waals surface area (Å²) in [4.78, 5) is 0. The highest BCUT2D eigenvalue weighted by molar-refractivity contribution is 5.10. The zero-order chi connectivity index (χ0) is 9.69. The lowest BCUT2D eigenvalue weighted by Gasteiger charge is -2.32. The van der Waals surface area contributed by atoms with Crippen LogP contribution in [0.3, 0.4) is 0 Å². The van der Waals surface area contributed by atoms with Crippen LogP contribution in [0.1, 0.15) is 40.0 Å². The van der Waals surface area contributed by atoms with Gasteiger partial charge in [0.1, 0.15) is 0 Å². The molecule has 1 saturated carbocycles. The Morgan fingerprint density at radius 3 is 2.46 bits per heavy atom. The standard InChI is InChI=1S/C11H21NO/c1-10(2)7-8(10)11(3,13)9-5-4-6-12-9/h8-9,12-13H,4-7H2,1-3H3. The molecule has 2 N–H and O–H groups in total. The van der Waals surface area contributed by atoms with Crippen LogP contribution >= 0.6 is 0 Å². The van der Waals surface area contributed by atoms with Crippen LogP contribution in [0, 0.1) is 11.3 Å². The second kappa shape index (κ2) is 2.71. The molecule has 3 atom stereocenters. The molecule has 2 aliphatic rings. The zero-order valence-corrected chi connectivity index (χ0v) is 8.93. The Kier molecular flexibility index (Phi) is 1.97. The van der Waals surface area contributed by atoms with Gasteiger partial charge in [-0.2, -0.15) is 0 Å². The Bertz CT molecular complexity index is 197. The molecule has 1 aliphatic carbocycles. The van der Waals surface area contributed by atoms with Crippen molar-refractivity contribution in [3.63, 3.8) is 0 Å². The van der Waals surface area contributed by atoms with Crippen LogP contribution in [0.4, 0.5) is 0 Å². The second-order valence-corrected chi connectivity index (χ2v) is 5.62. The summed E-state index contributed by atoms with van der Waals surface area (Å²) in [6, 6.07) is 0.333. The summed E-state index contributed by atoms with van der Waals surface area (Å²) < 4.78 is 0. The van der Waals surface area contributed by atoms with Crippen LogP contribution in [0.2, 0.25) is 0 Å². The van der Waals surface area contributed by atoms with Gasteiger partial charge in [-0.3, -0.25) is 0 Å². The molecule has 0 spiro atoms. The molecule has 0 aromatic carbocycles. The average Bonchev–Trinajstić information content (AvgIpc) is 2.56. The molecule has 0 radical (unpaired) electrons. The van der Waals surface area contributed by atoms with Crippen molar-refractivity contribution in [1.82, 2.24) is 5.32 Å². The van der Waals surface area contributed by atoms with Crippen LogP contribution in [0.25, 0.3) is 0 Å². The summed E-state index contributed by atoms with van der Waals surface area (Å²) in [5.74, 6) is 0.496. The maximum Gasteiger partial charge on any atom is 0.0805 e. The average molecular weight is 183 g/mol. The van der Waals surface area contributed by atoms with Gasteiger partial charge < -0.3 is 10.4 Å². The molecule has 1 aliphatic heterocycles. The summed E-state index contributed by atoms with van der Waals surface area (Å²) in [6.45, 7) is 7.59. The molecule has 76 valence electrons. The van der Waals surface area contributed by atoms with Gasteiger partial charge in [-0.1, -0.05) is 13.8 Å². The zero-order valence-electron chi connectivity index (χ0n) is 8.93. The van der Waals surface area contributed by atoms with Crippen LogP contribution in [0.15, 0.2) is 0 Å². The predicted molar refractivity (Wildman–Crippen MR) is 53.5 cm³/mol. The molecule has 0 aromatic heterocycles. The fraction of sp³-hybridized carbons (Fsp3) is 1.00. The fourth-order valence-electron chi connectivity index (χ4n) is 2.89. The van der Waals surface area contributed by atoms with E-state index < -0.39 is 5.60 Å². The van der Waals surface area contributed by atoms with Crippen molar-refractivity contribution >= 4 is 0 Å². The van der Waals surface area contributed by atoms with Crippen molar-refractivity contribution < 1.29 is 5.11 Å². The molecule has 2 rings (SSSR count). The third kappa shape index (κ3) is 1.50. The summed E-state index contributed by atoms with van der Waals surface area (Å²) in [5.41, 5.74) is -0.117. The third-order valence-corrected chi connectivity index (χ3v) is 3.98. The van der Waals surface area contributed by atoms with E-state index in [0.29, 0.717) is 17.4 Å². The summed E-state index contributed by atoms with van der Waals surface area (Å²) >= 11 is 0. The van der Waals surface area contributed by atoms with Crippen molar-refractivity contribution in [2.45, 2.75) is 51.7 Å². The van der Waals surface area contributed by atoms with Crippen molar-refractivity contribution in [2.24, 2.45) is 11.3 Å². The highest BCUT2D eigenvalue weighted by Crippen LogP contribution is 2.58. The molecule has 1 saturated heterocycles. The van der Waals surface area contributed by atoms with Crippen molar-refractivity contribution in [1.29, 1.82) is 0 Å². The summed E-state index contributed by atoms with van der Waals surface area (Å²) in [6.07, 6.45) is 3.53. The first-order chi connectivity index (χ1) is 5.94. The maximum absolute atomic E-state index is 10.4. The minimum Gasteiger partial charge on any atom is -0.388 e. The Balaban J connectivity index is 2.03. The van der Waals surface area contributed by atoms with Crippen molar-refractivity contribution in [3.05, 3.63) is 0 Å². The summed E-state index contributed by atoms with van der Waals surface area (Å²) in [5, 5.41) is 13.8. The Hall–Kier alpha value is -0.0800. The largest absolute Gasteiger partial charge is 0.388 e. The van der Waals surface area contributed by atoms with Crippen LogP contribution < -0.4 is 5.32 Å². The highest BCUT2D eigenvalue weighted by Gasteiger charge is 2.58. The van der Waals surface area contributed by atoms with Crippen molar-refractivity contribution in [3.8, 4) is 0 Å². The molecule has 2 fully saturated rings. The van der Waals surface area contributed by atoms with Gasteiger partial charge >= 0.3 is 0 Å². The first kappa shape index (κ1) is 9.47. The molecular formula is C11H21NO. The smallest absolute Gasteiger partial charge is 0.0805 e.